The average molecular weight is 312 g/mol. The van der Waals surface area contributed by atoms with Crippen molar-refractivity contribution in [2.24, 2.45) is 5.41 Å². The summed E-state index contributed by atoms with van der Waals surface area (Å²) in [4.78, 5) is 38.4. The Kier molecular flexibility index (Phi) is 4.66. The summed E-state index contributed by atoms with van der Waals surface area (Å²) in [6.45, 7) is 4.07. The van der Waals surface area contributed by atoms with Gasteiger partial charge in [-0.1, -0.05) is 26.7 Å². The van der Waals surface area contributed by atoms with E-state index in [1.165, 1.54) is 4.90 Å². The first-order chi connectivity index (χ1) is 9.94. The Labute approximate surface area is 130 Å². The van der Waals surface area contributed by atoms with Gasteiger partial charge in [0.25, 0.3) is 0 Å². The Bertz CT molecular complexity index is 454. The van der Waals surface area contributed by atoms with Gasteiger partial charge in [0.05, 0.1) is 0 Å². The molecule has 2 fully saturated rings. The molecular formula is C15H24N2O3S. The molecule has 1 aliphatic heterocycles. The Hall–Kier alpha value is -1.04. The number of nitrogens with one attached hydrogen (secondary N) is 1. The molecule has 0 radical (unpaired) electrons. The maximum atomic E-state index is 12.8. The maximum absolute atomic E-state index is 12.8. The Morgan fingerprint density at radius 3 is 2.19 bits per heavy atom. The topological polar surface area (TPSA) is 66.5 Å². The van der Waals surface area contributed by atoms with E-state index in [0.29, 0.717) is 19.4 Å². The molecule has 6 heteroatoms. The molecule has 118 valence electrons. The van der Waals surface area contributed by atoms with E-state index in [0.717, 1.165) is 25.7 Å². The third-order valence-electron chi connectivity index (χ3n) is 5.16. The molecule has 0 aromatic carbocycles. The van der Waals surface area contributed by atoms with Crippen molar-refractivity contribution in [2.75, 3.05) is 12.8 Å². The molecule has 0 spiro atoms. The zero-order valence-electron chi connectivity index (χ0n) is 13.0. The first-order valence-corrected chi connectivity index (χ1v) is 8.89. The van der Waals surface area contributed by atoms with E-state index in [-0.39, 0.29) is 10.7 Å². The lowest BCUT2D eigenvalue weighted by Gasteiger charge is -2.41. The van der Waals surface area contributed by atoms with Crippen molar-refractivity contribution in [1.29, 1.82) is 0 Å². The lowest BCUT2D eigenvalue weighted by Crippen LogP contribution is -2.65. The fourth-order valence-corrected chi connectivity index (χ4v) is 4.44. The molecule has 5 nitrogen and oxygen atoms in total. The van der Waals surface area contributed by atoms with Crippen LogP contribution in [-0.4, -0.2) is 40.3 Å². The van der Waals surface area contributed by atoms with Crippen molar-refractivity contribution in [1.82, 2.24) is 10.2 Å². The van der Waals surface area contributed by atoms with Crippen LogP contribution < -0.4 is 5.32 Å². The van der Waals surface area contributed by atoms with Crippen molar-refractivity contribution in [2.45, 2.75) is 57.1 Å². The first-order valence-electron chi connectivity index (χ1n) is 7.67. The molecule has 1 saturated carbocycles. The normalized spacial score (nSPS) is 24.3. The first kappa shape index (κ1) is 16.3. The lowest BCUT2D eigenvalue weighted by molar-refractivity contribution is -0.152. The van der Waals surface area contributed by atoms with Gasteiger partial charge in [-0.2, -0.15) is 11.8 Å². The number of imide groups is 2. The summed E-state index contributed by atoms with van der Waals surface area (Å²) >= 11 is 1.73. The monoisotopic (exact) mass is 312 g/mol. The number of carbonyl (C=O) groups is 3. The number of amides is 4. The summed E-state index contributed by atoms with van der Waals surface area (Å²) in [5, 5.41) is 2.39. The Balaban J connectivity index is 2.28. The number of thioether (sulfide) groups is 1. The van der Waals surface area contributed by atoms with Gasteiger partial charge >= 0.3 is 6.03 Å². The van der Waals surface area contributed by atoms with E-state index in [4.69, 9.17) is 0 Å². The molecule has 2 rings (SSSR count). The number of rotatable bonds is 5. The van der Waals surface area contributed by atoms with Gasteiger partial charge in [-0.05, 0) is 31.9 Å². The number of hydrogen-bond donors (Lipinski definition) is 1. The van der Waals surface area contributed by atoms with E-state index in [9.17, 15) is 14.4 Å². The van der Waals surface area contributed by atoms with Crippen LogP contribution in [-0.2, 0) is 9.59 Å². The highest BCUT2D eigenvalue weighted by molar-refractivity contribution is 8.00. The smallest absolute Gasteiger partial charge is 0.277 e. The van der Waals surface area contributed by atoms with Crippen molar-refractivity contribution in [3.8, 4) is 0 Å². The molecule has 1 N–H and O–H groups in total. The quantitative estimate of drug-likeness (QED) is 0.792. The number of barbiturate groups is 1. The second kappa shape index (κ2) is 5.99. The van der Waals surface area contributed by atoms with Gasteiger partial charge in [0.1, 0.15) is 5.41 Å². The number of urea groups is 1. The molecule has 0 unspecified atom stereocenters. The van der Waals surface area contributed by atoms with E-state index in [1.807, 2.05) is 20.1 Å². The van der Waals surface area contributed by atoms with Crippen LogP contribution in [0.3, 0.4) is 0 Å². The van der Waals surface area contributed by atoms with Crippen LogP contribution in [0.4, 0.5) is 4.79 Å². The summed E-state index contributed by atoms with van der Waals surface area (Å²) in [5.41, 5.74) is -1.08. The second-order valence-corrected chi connectivity index (χ2v) is 7.31. The Morgan fingerprint density at radius 2 is 1.71 bits per heavy atom. The molecule has 2 aliphatic rings. The number of hydrogen-bond acceptors (Lipinski definition) is 4. The zero-order valence-corrected chi connectivity index (χ0v) is 13.8. The summed E-state index contributed by atoms with van der Waals surface area (Å²) in [5.74, 6) is -0.759. The van der Waals surface area contributed by atoms with Gasteiger partial charge in [-0.25, -0.2) is 4.79 Å². The zero-order chi connectivity index (χ0) is 15.7. The molecule has 0 aromatic rings. The van der Waals surface area contributed by atoms with Gasteiger partial charge in [0.2, 0.25) is 11.8 Å². The van der Waals surface area contributed by atoms with Crippen molar-refractivity contribution in [3.05, 3.63) is 0 Å². The fourth-order valence-electron chi connectivity index (χ4n) is 3.48. The predicted molar refractivity (Wildman–Crippen MR) is 83.0 cm³/mol. The minimum absolute atomic E-state index is 0.0411. The molecule has 0 aromatic heterocycles. The predicted octanol–water partition coefficient (Wildman–Crippen LogP) is 2.55. The van der Waals surface area contributed by atoms with E-state index in [2.05, 4.69) is 5.32 Å². The van der Waals surface area contributed by atoms with Crippen LogP contribution in [0.25, 0.3) is 0 Å². The second-order valence-electron chi connectivity index (χ2n) is 6.03. The van der Waals surface area contributed by atoms with Crippen LogP contribution in [0, 0.1) is 5.41 Å². The van der Waals surface area contributed by atoms with Gasteiger partial charge in [0.15, 0.2) is 0 Å². The van der Waals surface area contributed by atoms with Gasteiger partial charge in [-0.15, -0.1) is 0 Å². The highest BCUT2D eigenvalue weighted by atomic mass is 32.2. The molecule has 21 heavy (non-hydrogen) atoms. The minimum atomic E-state index is -1.08. The van der Waals surface area contributed by atoms with Crippen LogP contribution >= 0.6 is 11.8 Å². The van der Waals surface area contributed by atoms with Crippen LogP contribution in [0.2, 0.25) is 0 Å². The number of nitrogens with zero attached hydrogens (tertiary/aromatic N) is 1. The average Bonchev–Trinajstić information content (AvgIpc) is 2.94. The fraction of sp³-hybridized carbons (Fsp3) is 0.800. The maximum Gasteiger partial charge on any atom is 0.330 e. The SMILES string of the molecule is CCC1(CC)C(=O)NC(=O)N(CC2(SC)CCCC2)C1=O. The molecule has 0 atom stereocenters. The molecular weight excluding hydrogens is 288 g/mol. The van der Waals surface area contributed by atoms with Gasteiger partial charge < -0.3 is 0 Å². The number of carbonyl (C=O) groups excluding carboxylic acids is 3. The summed E-state index contributed by atoms with van der Waals surface area (Å²) in [6.07, 6.45) is 7.19. The van der Waals surface area contributed by atoms with Crippen LogP contribution in [0.5, 0.6) is 0 Å². The highest BCUT2D eigenvalue weighted by Gasteiger charge is 2.53. The minimum Gasteiger partial charge on any atom is -0.277 e. The summed E-state index contributed by atoms with van der Waals surface area (Å²) < 4.78 is -0.0411. The standard InChI is InChI=1S/C15H24N2O3S/c1-4-15(5-2)11(18)16-13(20)17(12(15)19)10-14(21-3)8-6-7-9-14/h4-10H2,1-3H3,(H,16,18,20). The summed E-state index contributed by atoms with van der Waals surface area (Å²) in [6, 6.07) is -0.553. The van der Waals surface area contributed by atoms with Crippen LogP contribution in [0.1, 0.15) is 52.4 Å². The summed E-state index contributed by atoms with van der Waals surface area (Å²) in [7, 11) is 0. The molecule has 4 amide bonds. The molecule has 1 heterocycles. The van der Waals surface area contributed by atoms with Crippen molar-refractivity contribution < 1.29 is 14.4 Å². The highest BCUT2D eigenvalue weighted by Crippen LogP contribution is 2.42. The van der Waals surface area contributed by atoms with Gasteiger partial charge in [-0.3, -0.25) is 19.8 Å². The molecule has 1 saturated heterocycles. The largest absolute Gasteiger partial charge is 0.330 e. The lowest BCUT2D eigenvalue weighted by atomic mass is 9.78. The molecule has 1 aliphatic carbocycles. The van der Waals surface area contributed by atoms with E-state index in [1.54, 1.807) is 11.8 Å². The Morgan fingerprint density at radius 1 is 1.14 bits per heavy atom. The van der Waals surface area contributed by atoms with Crippen molar-refractivity contribution in [3.63, 3.8) is 0 Å². The van der Waals surface area contributed by atoms with Gasteiger partial charge in [0, 0.05) is 11.3 Å². The van der Waals surface area contributed by atoms with Crippen molar-refractivity contribution >= 4 is 29.6 Å². The van der Waals surface area contributed by atoms with E-state index >= 15 is 0 Å². The third kappa shape index (κ3) is 2.58. The van der Waals surface area contributed by atoms with E-state index < -0.39 is 17.4 Å². The molecule has 0 bridgehead atoms. The third-order valence-corrected chi connectivity index (χ3v) is 6.56. The van der Waals surface area contributed by atoms with Crippen LogP contribution in [0.15, 0.2) is 0 Å².